The van der Waals surface area contributed by atoms with Crippen LogP contribution in [-0.2, 0) is 11.2 Å². The third kappa shape index (κ3) is 3.23. The number of para-hydroxylation sites is 2. The maximum Gasteiger partial charge on any atom is 0.291 e. The number of fused-ring (bicyclic) bond motifs is 2. The monoisotopic (exact) mass is 383 g/mol. The summed E-state index contributed by atoms with van der Waals surface area (Å²) in [5.74, 6) is 1.29. The van der Waals surface area contributed by atoms with E-state index in [4.69, 9.17) is 4.74 Å². The number of rotatable bonds is 3. The van der Waals surface area contributed by atoms with Crippen LogP contribution >= 0.6 is 0 Å². The van der Waals surface area contributed by atoms with Crippen molar-refractivity contribution < 1.29 is 14.3 Å². The van der Waals surface area contributed by atoms with E-state index in [0.29, 0.717) is 17.4 Å². The molecule has 1 aromatic carbocycles. The minimum absolute atomic E-state index is 0.0636. The highest BCUT2D eigenvalue weighted by atomic mass is 16.5. The molecule has 4 rings (SSSR count). The molecule has 2 aromatic rings. The second-order valence-electron chi connectivity index (χ2n) is 7.70. The fraction of sp³-hybridized carbons (Fsp3) is 0.500. The molecule has 0 bridgehead atoms. The molecule has 3 heterocycles. The van der Waals surface area contributed by atoms with Crippen molar-refractivity contribution in [3.63, 3.8) is 0 Å². The SMILES string of the molecule is CC(C)[C@H]1CCCc2nc(C(=O)N[C@H]3COc4ccccc4N(C)C3=O)nn21. The van der Waals surface area contributed by atoms with Crippen molar-refractivity contribution in [2.45, 2.75) is 45.2 Å². The number of aryl methyl sites for hydroxylation is 1. The molecular formula is C20H25N5O3. The Balaban J connectivity index is 1.52. The van der Waals surface area contributed by atoms with Crippen LogP contribution in [0.1, 0.15) is 49.2 Å². The number of hydrogen-bond donors (Lipinski definition) is 1. The number of likely N-dealkylation sites (N-methyl/N-ethyl adjacent to an activating group) is 1. The van der Waals surface area contributed by atoms with Gasteiger partial charge in [-0.3, -0.25) is 9.59 Å². The van der Waals surface area contributed by atoms with E-state index < -0.39 is 11.9 Å². The Kier molecular flexibility index (Phi) is 4.78. The molecule has 2 atom stereocenters. The topological polar surface area (TPSA) is 89.3 Å². The summed E-state index contributed by atoms with van der Waals surface area (Å²) < 4.78 is 7.63. The lowest BCUT2D eigenvalue weighted by Gasteiger charge is -2.26. The van der Waals surface area contributed by atoms with Crippen LogP contribution in [-0.4, -0.2) is 46.3 Å². The van der Waals surface area contributed by atoms with E-state index >= 15 is 0 Å². The molecule has 0 spiro atoms. The van der Waals surface area contributed by atoms with E-state index in [-0.39, 0.29) is 24.4 Å². The first-order valence-electron chi connectivity index (χ1n) is 9.71. The van der Waals surface area contributed by atoms with Gasteiger partial charge in [-0.25, -0.2) is 9.67 Å². The summed E-state index contributed by atoms with van der Waals surface area (Å²) >= 11 is 0. The Bertz CT molecular complexity index is 907. The van der Waals surface area contributed by atoms with Crippen LogP contribution in [0.2, 0.25) is 0 Å². The van der Waals surface area contributed by atoms with Crippen LogP contribution in [0, 0.1) is 5.92 Å². The van der Waals surface area contributed by atoms with Gasteiger partial charge in [0.2, 0.25) is 5.82 Å². The van der Waals surface area contributed by atoms with Crippen LogP contribution in [0.4, 0.5) is 5.69 Å². The molecule has 148 valence electrons. The molecule has 0 aliphatic carbocycles. The van der Waals surface area contributed by atoms with Crippen molar-refractivity contribution in [2.75, 3.05) is 18.6 Å². The predicted octanol–water partition coefficient (Wildman–Crippen LogP) is 1.97. The van der Waals surface area contributed by atoms with Crippen molar-refractivity contribution in [3.8, 4) is 5.75 Å². The van der Waals surface area contributed by atoms with Gasteiger partial charge in [0.05, 0.1) is 11.7 Å². The second kappa shape index (κ2) is 7.26. The van der Waals surface area contributed by atoms with Crippen LogP contribution in [0.5, 0.6) is 5.75 Å². The Hall–Kier alpha value is -2.90. The molecule has 28 heavy (non-hydrogen) atoms. The fourth-order valence-corrected chi connectivity index (χ4v) is 3.87. The van der Waals surface area contributed by atoms with Crippen LogP contribution < -0.4 is 15.0 Å². The molecule has 1 N–H and O–H groups in total. The lowest BCUT2D eigenvalue weighted by atomic mass is 9.95. The zero-order valence-electron chi connectivity index (χ0n) is 16.4. The summed E-state index contributed by atoms with van der Waals surface area (Å²) in [6.07, 6.45) is 2.89. The standard InChI is InChI=1S/C20H25N5O3/c1-12(2)14-8-6-10-17-22-18(23-25(14)17)19(26)21-13-11-28-16-9-5-4-7-15(16)24(3)20(13)27/h4-5,7,9,12-14H,6,8,10-11H2,1-3H3,(H,21,26)/t13-,14+/m0/s1. The molecule has 0 fully saturated rings. The van der Waals surface area contributed by atoms with Crippen molar-refractivity contribution >= 4 is 17.5 Å². The minimum atomic E-state index is -0.800. The quantitative estimate of drug-likeness (QED) is 0.875. The highest BCUT2D eigenvalue weighted by Crippen LogP contribution is 2.30. The van der Waals surface area contributed by atoms with Gasteiger partial charge in [-0.1, -0.05) is 26.0 Å². The normalized spacial score (nSPS) is 21.6. The van der Waals surface area contributed by atoms with E-state index in [0.717, 1.165) is 25.1 Å². The van der Waals surface area contributed by atoms with E-state index in [1.165, 1.54) is 4.90 Å². The molecule has 2 aliphatic rings. The van der Waals surface area contributed by atoms with Gasteiger partial charge in [-0.15, -0.1) is 5.10 Å². The average molecular weight is 383 g/mol. The molecule has 2 aliphatic heterocycles. The van der Waals surface area contributed by atoms with Gasteiger partial charge in [0, 0.05) is 13.5 Å². The van der Waals surface area contributed by atoms with Crippen molar-refractivity contribution in [2.24, 2.45) is 5.92 Å². The Morgan fingerprint density at radius 1 is 1.32 bits per heavy atom. The number of benzene rings is 1. The lowest BCUT2D eigenvalue weighted by Crippen LogP contribution is -2.49. The summed E-state index contributed by atoms with van der Waals surface area (Å²) in [6.45, 7) is 4.36. The van der Waals surface area contributed by atoms with Gasteiger partial charge in [0.15, 0.2) is 0 Å². The van der Waals surface area contributed by atoms with Gasteiger partial charge < -0.3 is 15.0 Å². The number of anilines is 1. The van der Waals surface area contributed by atoms with Gasteiger partial charge in [-0.2, -0.15) is 0 Å². The zero-order valence-corrected chi connectivity index (χ0v) is 16.4. The Labute approximate surface area is 163 Å². The molecule has 1 aromatic heterocycles. The Morgan fingerprint density at radius 3 is 2.89 bits per heavy atom. The fourth-order valence-electron chi connectivity index (χ4n) is 3.87. The van der Waals surface area contributed by atoms with Crippen LogP contribution in [0.25, 0.3) is 0 Å². The predicted molar refractivity (Wildman–Crippen MR) is 103 cm³/mol. The molecule has 0 saturated heterocycles. The van der Waals surface area contributed by atoms with Crippen LogP contribution in [0.3, 0.4) is 0 Å². The smallest absolute Gasteiger partial charge is 0.291 e. The minimum Gasteiger partial charge on any atom is -0.489 e. The molecule has 0 saturated carbocycles. The second-order valence-corrected chi connectivity index (χ2v) is 7.70. The van der Waals surface area contributed by atoms with Crippen molar-refractivity contribution in [1.29, 1.82) is 0 Å². The van der Waals surface area contributed by atoms with Crippen LogP contribution in [0.15, 0.2) is 24.3 Å². The first-order chi connectivity index (χ1) is 13.5. The molecule has 8 heteroatoms. The molecule has 2 amide bonds. The van der Waals surface area contributed by atoms with Gasteiger partial charge >= 0.3 is 0 Å². The van der Waals surface area contributed by atoms with E-state index in [2.05, 4.69) is 29.2 Å². The van der Waals surface area contributed by atoms with E-state index in [9.17, 15) is 9.59 Å². The molecule has 8 nitrogen and oxygen atoms in total. The maximum absolute atomic E-state index is 12.8. The van der Waals surface area contributed by atoms with Crippen molar-refractivity contribution in [1.82, 2.24) is 20.1 Å². The first-order valence-corrected chi connectivity index (χ1v) is 9.71. The molecular weight excluding hydrogens is 358 g/mol. The highest BCUT2D eigenvalue weighted by Gasteiger charge is 2.32. The highest BCUT2D eigenvalue weighted by molar-refractivity contribution is 6.02. The number of nitrogens with zero attached hydrogens (tertiary/aromatic N) is 4. The molecule has 0 unspecified atom stereocenters. The number of carbonyl (C=O) groups is 2. The first kappa shape index (κ1) is 18.5. The summed E-state index contributed by atoms with van der Waals surface area (Å²) in [5, 5.41) is 7.20. The number of aromatic nitrogens is 3. The van der Waals surface area contributed by atoms with E-state index in [1.807, 2.05) is 22.9 Å². The van der Waals surface area contributed by atoms with Gasteiger partial charge in [0.25, 0.3) is 11.8 Å². The zero-order chi connectivity index (χ0) is 19.8. The number of ether oxygens (including phenoxy) is 1. The summed E-state index contributed by atoms with van der Waals surface area (Å²) in [6, 6.07) is 6.76. The summed E-state index contributed by atoms with van der Waals surface area (Å²) in [7, 11) is 1.68. The number of hydrogen-bond acceptors (Lipinski definition) is 5. The lowest BCUT2D eigenvalue weighted by molar-refractivity contribution is -0.120. The maximum atomic E-state index is 12.8. The largest absolute Gasteiger partial charge is 0.489 e. The summed E-state index contributed by atoms with van der Waals surface area (Å²) in [5.41, 5.74) is 0.680. The molecule has 0 radical (unpaired) electrons. The van der Waals surface area contributed by atoms with Crippen molar-refractivity contribution in [3.05, 3.63) is 35.9 Å². The number of amides is 2. The third-order valence-electron chi connectivity index (χ3n) is 5.46. The summed E-state index contributed by atoms with van der Waals surface area (Å²) in [4.78, 5) is 31.5. The van der Waals surface area contributed by atoms with E-state index in [1.54, 1.807) is 13.1 Å². The van der Waals surface area contributed by atoms with Gasteiger partial charge in [-0.05, 0) is 30.9 Å². The Morgan fingerprint density at radius 2 is 2.11 bits per heavy atom. The van der Waals surface area contributed by atoms with Gasteiger partial charge in [0.1, 0.15) is 24.2 Å². The number of carbonyl (C=O) groups excluding carboxylic acids is 2. The third-order valence-corrected chi connectivity index (χ3v) is 5.46. The average Bonchev–Trinajstić information content (AvgIpc) is 3.10. The number of nitrogens with one attached hydrogen (secondary N) is 1.